The molecule has 1 fully saturated rings. The minimum Gasteiger partial charge on any atom is -0.339 e. The van der Waals surface area contributed by atoms with Crippen LogP contribution in [0, 0.1) is 5.82 Å². The largest absolute Gasteiger partial charge is 0.339 e. The highest BCUT2D eigenvalue weighted by molar-refractivity contribution is 6.31. The first-order valence-electron chi connectivity index (χ1n) is 7.36. The van der Waals surface area contributed by atoms with Crippen molar-refractivity contribution in [1.82, 2.24) is 9.80 Å². The number of rotatable bonds is 3. The zero-order valence-corrected chi connectivity index (χ0v) is 13.5. The van der Waals surface area contributed by atoms with E-state index < -0.39 is 5.82 Å². The van der Waals surface area contributed by atoms with Crippen molar-refractivity contribution in [2.75, 3.05) is 20.1 Å². The Morgan fingerprint density at radius 1 is 1.38 bits per heavy atom. The molecule has 3 nitrogen and oxygen atoms in total. The van der Waals surface area contributed by atoms with E-state index in [0.717, 1.165) is 25.9 Å². The minimum absolute atomic E-state index is 0.0521. The lowest BCUT2D eigenvalue weighted by atomic mass is 10.0. The highest BCUT2D eigenvalue weighted by Crippen LogP contribution is 2.21. The van der Waals surface area contributed by atoms with E-state index in [2.05, 4.69) is 18.7 Å². The minimum atomic E-state index is -0.518. The first kappa shape index (κ1) is 16.2. The standard InChI is InChI=1S/C16H22ClFN2O/c1-11(2)20-8-6-13(7-9-20)19(3)16(21)14-10-12(17)4-5-15(14)18/h4-5,10-11,13H,6-9H2,1-3H3. The van der Waals surface area contributed by atoms with Crippen LogP contribution >= 0.6 is 11.6 Å². The Balaban J connectivity index is 2.05. The van der Waals surface area contributed by atoms with E-state index in [4.69, 9.17) is 11.6 Å². The van der Waals surface area contributed by atoms with Gasteiger partial charge in [0.05, 0.1) is 5.56 Å². The number of benzene rings is 1. The van der Waals surface area contributed by atoms with E-state index in [1.807, 2.05) is 0 Å². The molecule has 1 saturated heterocycles. The second kappa shape index (κ2) is 6.75. The van der Waals surface area contributed by atoms with Crippen molar-refractivity contribution in [3.63, 3.8) is 0 Å². The van der Waals surface area contributed by atoms with Gasteiger partial charge in [-0.3, -0.25) is 4.79 Å². The first-order chi connectivity index (χ1) is 9.90. The molecule has 1 aliphatic heterocycles. The monoisotopic (exact) mass is 312 g/mol. The van der Waals surface area contributed by atoms with E-state index in [1.165, 1.54) is 18.2 Å². The van der Waals surface area contributed by atoms with E-state index in [9.17, 15) is 9.18 Å². The fraction of sp³-hybridized carbons (Fsp3) is 0.562. The Morgan fingerprint density at radius 3 is 2.57 bits per heavy atom. The van der Waals surface area contributed by atoms with Crippen LogP contribution in [0.3, 0.4) is 0 Å². The predicted octanol–water partition coefficient (Wildman–Crippen LogP) is 3.42. The number of amides is 1. The molecule has 0 aliphatic carbocycles. The van der Waals surface area contributed by atoms with Crippen LogP contribution in [0.2, 0.25) is 5.02 Å². The van der Waals surface area contributed by atoms with Gasteiger partial charge in [0.2, 0.25) is 0 Å². The molecule has 0 atom stereocenters. The average Bonchev–Trinajstić information content (AvgIpc) is 2.48. The molecule has 0 unspecified atom stereocenters. The zero-order valence-electron chi connectivity index (χ0n) is 12.8. The van der Waals surface area contributed by atoms with E-state index >= 15 is 0 Å². The maximum atomic E-state index is 13.8. The SMILES string of the molecule is CC(C)N1CCC(N(C)C(=O)c2cc(Cl)ccc2F)CC1. The summed E-state index contributed by atoms with van der Waals surface area (Å²) in [4.78, 5) is 16.5. The third-order valence-corrected chi connectivity index (χ3v) is 4.49. The first-order valence-corrected chi connectivity index (χ1v) is 7.74. The molecule has 1 heterocycles. The van der Waals surface area contributed by atoms with Crippen molar-refractivity contribution in [3.05, 3.63) is 34.6 Å². The molecule has 21 heavy (non-hydrogen) atoms. The van der Waals surface area contributed by atoms with Gasteiger partial charge in [-0.1, -0.05) is 11.6 Å². The second-order valence-corrected chi connectivity index (χ2v) is 6.34. The van der Waals surface area contributed by atoms with Crippen LogP contribution in [-0.2, 0) is 0 Å². The van der Waals surface area contributed by atoms with Gasteiger partial charge in [-0.05, 0) is 44.9 Å². The third-order valence-electron chi connectivity index (χ3n) is 4.26. The van der Waals surface area contributed by atoms with Crippen LogP contribution in [0.1, 0.15) is 37.0 Å². The number of carbonyl (C=O) groups excluding carboxylic acids is 1. The van der Waals surface area contributed by atoms with Crippen LogP contribution < -0.4 is 0 Å². The van der Waals surface area contributed by atoms with Gasteiger partial charge in [0.15, 0.2) is 0 Å². The molecular formula is C16H22ClFN2O. The molecule has 0 saturated carbocycles. The van der Waals surface area contributed by atoms with Gasteiger partial charge in [0.1, 0.15) is 5.82 Å². The van der Waals surface area contributed by atoms with Crippen LogP contribution in [-0.4, -0.2) is 47.9 Å². The lowest BCUT2D eigenvalue weighted by molar-refractivity contribution is 0.0611. The molecule has 1 aromatic rings. The maximum Gasteiger partial charge on any atom is 0.256 e. The van der Waals surface area contributed by atoms with Crippen molar-refractivity contribution in [2.24, 2.45) is 0 Å². The molecule has 1 aromatic carbocycles. The summed E-state index contributed by atoms with van der Waals surface area (Å²) in [5.41, 5.74) is 0.0521. The van der Waals surface area contributed by atoms with Gasteiger partial charge in [-0.2, -0.15) is 0 Å². The van der Waals surface area contributed by atoms with Crippen molar-refractivity contribution >= 4 is 17.5 Å². The Kier molecular flexibility index (Phi) is 5.22. The van der Waals surface area contributed by atoms with E-state index in [1.54, 1.807) is 11.9 Å². The van der Waals surface area contributed by atoms with Gasteiger partial charge < -0.3 is 9.80 Å². The summed E-state index contributed by atoms with van der Waals surface area (Å²) in [7, 11) is 1.75. The number of likely N-dealkylation sites (tertiary alicyclic amines) is 1. The van der Waals surface area contributed by atoms with Crippen molar-refractivity contribution in [1.29, 1.82) is 0 Å². The van der Waals surface area contributed by atoms with Crippen LogP contribution in [0.15, 0.2) is 18.2 Å². The number of piperidine rings is 1. The number of hydrogen-bond acceptors (Lipinski definition) is 2. The van der Waals surface area contributed by atoms with Crippen molar-refractivity contribution < 1.29 is 9.18 Å². The summed E-state index contributed by atoms with van der Waals surface area (Å²) < 4.78 is 13.8. The zero-order chi connectivity index (χ0) is 15.6. The molecule has 0 spiro atoms. The Bertz CT molecular complexity index is 513. The molecule has 0 aromatic heterocycles. The number of carbonyl (C=O) groups is 1. The molecule has 5 heteroatoms. The maximum absolute atomic E-state index is 13.8. The molecule has 1 amide bonds. The fourth-order valence-electron chi connectivity index (χ4n) is 2.81. The molecular weight excluding hydrogens is 291 g/mol. The van der Waals surface area contributed by atoms with Crippen LogP contribution in [0.5, 0.6) is 0 Å². The van der Waals surface area contributed by atoms with Gasteiger partial charge >= 0.3 is 0 Å². The molecule has 116 valence electrons. The van der Waals surface area contributed by atoms with Gasteiger partial charge in [0, 0.05) is 37.2 Å². The highest BCUT2D eigenvalue weighted by Gasteiger charge is 2.28. The summed E-state index contributed by atoms with van der Waals surface area (Å²) in [5, 5.41) is 0.378. The molecule has 0 bridgehead atoms. The van der Waals surface area contributed by atoms with Crippen LogP contribution in [0.25, 0.3) is 0 Å². The Morgan fingerprint density at radius 2 is 2.00 bits per heavy atom. The summed E-state index contributed by atoms with van der Waals surface area (Å²) in [6.07, 6.45) is 1.84. The highest BCUT2D eigenvalue weighted by atomic mass is 35.5. The lowest BCUT2D eigenvalue weighted by Crippen LogP contribution is -2.47. The van der Waals surface area contributed by atoms with Gasteiger partial charge in [-0.15, -0.1) is 0 Å². The van der Waals surface area contributed by atoms with E-state index in [-0.39, 0.29) is 17.5 Å². The number of hydrogen-bond donors (Lipinski definition) is 0. The quantitative estimate of drug-likeness (QED) is 0.854. The van der Waals surface area contributed by atoms with Crippen molar-refractivity contribution in [3.8, 4) is 0 Å². The third kappa shape index (κ3) is 3.74. The Hall–Kier alpha value is -1.13. The van der Waals surface area contributed by atoms with Gasteiger partial charge in [-0.25, -0.2) is 4.39 Å². The van der Waals surface area contributed by atoms with Gasteiger partial charge in [0.25, 0.3) is 5.91 Å². The summed E-state index contributed by atoms with van der Waals surface area (Å²) in [6, 6.07) is 4.78. The predicted molar refractivity (Wildman–Crippen MR) is 83.2 cm³/mol. The smallest absolute Gasteiger partial charge is 0.256 e. The normalized spacial score (nSPS) is 17.2. The van der Waals surface area contributed by atoms with E-state index in [0.29, 0.717) is 11.1 Å². The molecule has 2 rings (SSSR count). The Labute approximate surface area is 130 Å². The number of nitrogens with zero attached hydrogens (tertiary/aromatic N) is 2. The average molecular weight is 313 g/mol. The second-order valence-electron chi connectivity index (χ2n) is 5.90. The summed E-state index contributed by atoms with van der Waals surface area (Å²) in [6.45, 7) is 6.29. The molecule has 1 aliphatic rings. The van der Waals surface area contributed by atoms with Crippen molar-refractivity contribution in [2.45, 2.75) is 38.8 Å². The fourth-order valence-corrected chi connectivity index (χ4v) is 2.98. The summed E-state index contributed by atoms with van der Waals surface area (Å²) in [5.74, 6) is -0.811. The van der Waals surface area contributed by atoms with Crippen LogP contribution in [0.4, 0.5) is 4.39 Å². The topological polar surface area (TPSA) is 23.6 Å². The molecule has 0 N–H and O–H groups in total. The lowest BCUT2D eigenvalue weighted by Gasteiger charge is -2.38. The summed E-state index contributed by atoms with van der Waals surface area (Å²) >= 11 is 5.86. The molecule has 0 radical (unpaired) electrons. The number of halogens is 2.